The molecule has 1 aromatic heterocycles. The van der Waals surface area contributed by atoms with Crippen LogP contribution < -0.4 is 5.32 Å². The molecule has 8 nitrogen and oxygen atoms in total. The minimum absolute atomic E-state index is 0.0503. The lowest BCUT2D eigenvalue weighted by molar-refractivity contribution is -0.116. The highest BCUT2D eigenvalue weighted by molar-refractivity contribution is 7.89. The summed E-state index contributed by atoms with van der Waals surface area (Å²) in [7, 11) is -4.01. The third-order valence-corrected chi connectivity index (χ3v) is 9.40. The van der Waals surface area contributed by atoms with E-state index in [4.69, 9.17) is 32.9 Å². The summed E-state index contributed by atoms with van der Waals surface area (Å²) in [5.41, 5.74) is 4.46. The average molecular weight is 614 g/mol. The highest BCUT2D eigenvalue weighted by atomic mass is 35.5. The van der Waals surface area contributed by atoms with Gasteiger partial charge in [-0.2, -0.15) is 4.31 Å². The number of aromatic nitrogens is 2. The first-order valence-corrected chi connectivity index (χ1v) is 15.4. The van der Waals surface area contributed by atoms with Gasteiger partial charge in [-0.05, 0) is 86.3 Å². The van der Waals surface area contributed by atoms with Crippen LogP contribution in [0, 0.1) is 13.8 Å². The molecule has 0 unspecified atom stereocenters. The number of ether oxygens (including phenoxy) is 1. The maximum absolute atomic E-state index is 13.6. The summed E-state index contributed by atoms with van der Waals surface area (Å²) in [6.07, 6.45) is 3.10. The van der Waals surface area contributed by atoms with Crippen LogP contribution in [-0.4, -0.2) is 54.0 Å². The SMILES string of the molecule is Cc1ccc(-n2cc(-c3ccc(Cl)cc3)nc2NC(=O)CN(C[C@@H]2CCCO2)S(=O)(=O)c2ccc(Cl)cc2)cc1C. The Kier molecular flexibility index (Phi) is 8.82. The molecular formula is C30H30Cl2N4O4S. The molecule has 0 bridgehead atoms. The Morgan fingerprint density at radius 1 is 1.02 bits per heavy atom. The number of halogens is 2. The molecule has 1 N–H and O–H groups in total. The van der Waals surface area contributed by atoms with E-state index in [1.165, 1.54) is 24.3 Å². The zero-order chi connectivity index (χ0) is 29.1. The Hall–Kier alpha value is -3.21. The molecule has 0 radical (unpaired) electrons. The number of benzene rings is 3. The molecule has 4 aromatic rings. The van der Waals surface area contributed by atoms with Gasteiger partial charge >= 0.3 is 0 Å². The zero-order valence-electron chi connectivity index (χ0n) is 22.7. The van der Waals surface area contributed by atoms with Gasteiger partial charge in [-0.15, -0.1) is 0 Å². The van der Waals surface area contributed by atoms with Crippen LogP contribution in [0.4, 0.5) is 5.95 Å². The molecule has 1 amide bonds. The van der Waals surface area contributed by atoms with Gasteiger partial charge in [-0.25, -0.2) is 13.4 Å². The topological polar surface area (TPSA) is 93.5 Å². The Morgan fingerprint density at radius 2 is 1.71 bits per heavy atom. The Morgan fingerprint density at radius 3 is 2.34 bits per heavy atom. The predicted octanol–water partition coefficient (Wildman–Crippen LogP) is 6.27. The summed E-state index contributed by atoms with van der Waals surface area (Å²) in [5, 5.41) is 3.87. The van der Waals surface area contributed by atoms with E-state index in [1.54, 1.807) is 16.7 Å². The molecule has 11 heteroatoms. The molecule has 0 aliphatic carbocycles. The number of carbonyl (C=O) groups is 1. The lowest BCUT2D eigenvalue weighted by Crippen LogP contribution is -2.42. The highest BCUT2D eigenvalue weighted by Gasteiger charge is 2.31. The predicted molar refractivity (Wildman–Crippen MR) is 161 cm³/mol. The van der Waals surface area contributed by atoms with Crippen molar-refractivity contribution >= 4 is 45.1 Å². The minimum Gasteiger partial charge on any atom is -0.377 e. The van der Waals surface area contributed by atoms with Gasteiger partial charge < -0.3 is 4.74 Å². The van der Waals surface area contributed by atoms with Crippen LogP contribution in [0.3, 0.4) is 0 Å². The van der Waals surface area contributed by atoms with Crippen molar-refractivity contribution in [3.05, 3.63) is 94.1 Å². The molecular weight excluding hydrogens is 583 g/mol. The Balaban J connectivity index is 1.46. The number of nitrogens with zero attached hydrogens (tertiary/aromatic N) is 3. The lowest BCUT2D eigenvalue weighted by atomic mass is 10.1. The average Bonchev–Trinajstić information content (AvgIpc) is 3.61. The van der Waals surface area contributed by atoms with Crippen LogP contribution in [0.5, 0.6) is 0 Å². The monoisotopic (exact) mass is 612 g/mol. The lowest BCUT2D eigenvalue weighted by Gasteiger charge is -2.24. The normalized spacial score (nSPS) is 15.4. The van der Waals surface area contributed by atoms with Crippen LogP contribution in [-0.2, 0) is 19.6 Å². The van der Waals surface area contributed by atoms with Crippen LogP contribution in [0.25, 0.3) is 16.9 Å². The number of anilines is 1. The molecule has 3 aromatic carbocycles. The molecule has 1 aliphatic heterocycles. The van der Waals surface area contributed by atoms with Crippen molar-refractivity contribution in [3.8, 4) is 16.9 Å². The van der Waals surface area contributed by atoms with E-state index in [0.717, 1.165) is 39.5 Å². The minimum atomic E-state index is -4.01. The number of amides is 1. The van der Waals surface area contributed by atoms with Gasteiger partial charge in [0.25, 0.3) is 0 Å². The van der Waals surface area contributed by atoms with Gasteiger partial charge in [0.2, 0.25) is 21.9 Å². The number of carbonyl (C=O) groups excluding carboxylic acids is 1. The van der Waals surface area contributed by atoms with Crippen LogP contribution in [0.15, 0.2) is 77.8 Å². The number of hydrogen-bond donors (Lipinski definition) is 1. The van der Waals surface area contributed by atoms with Crippen molar-refractivity contribution < 1.29 is 17.9 Å². The fraction of sp³-hybridized carbons (Fsp3) is 0.267. The first-order chi connectivity index (χ1) is 19.6. The molecule has 1 aliphatic rings. The van der Waals surface area contributed by atoms with Gasteiger partial charge in [0.15, 0.2) is 0 Å². The second kappa shape index (κ2) is 12.3. The van der Waals surface area contributed by atoms with E-state index < -0.39 is 22.5 Å². The van der Waals surface area contributed by atoms with Gasteiger partial charge in [0, 0.05) is 40.6 Å². The fourth-order valence-corrected chi connectivity index (χ4v) is 6.32. The van der Waals surface area contributed by atoms with Crippen LogP contribution in [0.1, 0.15) is 24.0 Å². The van der Waals surface area contributed by atoms with Crippen molar-refractivity contribution in [2.45, 2.75) is 37.7 Å². The summed E-state index contributed by atoms with van der Waals surface area (Å²) in [6, 6.07) is 19.1. The summed E-state index contributed by atoms with van der Waals surface area (Å²) in [6.45, 7) is 4.24. The van der Waals surface area contributed by atoms with Gasteiger partial charge in [0.1, 0.15) is 0 Å². The summed E-state index contributed by atoms with van der Waals surface area (Å²) in [5.74, 6) is -0.261. The van der Waals surface area contributed by atoms with Crippen molar-refractivity contribution in [1.29, 1.82) is 0 Å². The molecule has 41 heavy (non-hydrogen) atoms. The van der Waals surface area contributed by atoms with E-state index in [0.29, 0.717) is 22.3 Å². The fourth-order valence-electron chi connectivity index (χ4n) is 4.64. The number of nitrogens with one attached hydrogen (secondary N) is 1. The number of sulfonamides is 1. The third-order valence-electron chi connectivity index (χ3n) is 7.07. The van der Waals surface area contributed by atoms with Gasteiger partial charge in [0.05, 0.1) is 23.2 Å². The smallest absolute Gasteiger partial charge is 0.243 e. The molecule has 1 saturated heterocycles. The Labute approximate surface area is 249 Å². The second-order valence-electron chi connectivity index (χ2n) is 10.0. The third kappa shape index (κ3) is 6.82. The van der Waals surface area contributed by atoms with E-state index in [-0.39, 0.29) is 23.5 Å². The number of aryl methyl sites for hydroxylation is 2. The van der Waals surface area contributed by atoms with Gasteiger partial charge in [-0.1, -0.05) is 41.4 Å². The standard InChI is InChI=1S/C30H30Cl2N4O4S/c1-20-5-12-25(16-21(20)2)36-18-28(22-6-8-23(31)9-7-22)33-30(36)34-29(37)19-35(17-26-4-3-15-40-26)41(38,39)27-13-10-24(32)11-14-27/h5-14,16,18,26H,3-4,15,17,19H2,1-2H3,(H,33,34,37)/t26-/m0/s1. The first kappa shape index (κ1) is 29.3. The molecule has 2 heterocycles. The zero-order valence-corrected chi connectivity index (χ0v) is 25.0. The number of hydrogen-bond acceptors (Lipinski definition) is 5. The van der Waals surface area contributed by atoms with Crippen molar-refractivity contribution in [1.82, 2.24) is 13.9 Å². The first-order valence-electron chi connectivity index (χ1n) is 13.2. The molecule has 5 rings (SSSR count). The van der Waals surface area contributed by atoms with E-state index in [1.807, 2.05) is 50.4 Å². The maximum atomic E-state index is 13.6. The quantitative estimate of drug-likeness (QED) is 0.240. The van der Waals surface area contributed by atoms with Crippen LogP contribution in [0.2, 0.25) is 10.0 Å². The van der Waals surface area contributed by atoms with Crippen molar-refractivity contribution in [2.24, 2.45) is 0 Å². The van der Waals surface area contributed by atoms with Crippen LogP contribution >= 0.6 is 23.2 Å². The molecule has 214 valence electrons. The highest BCUT2D eigenvalue weighted by Crippen LogP contribution is 2.27. The van der Waals surface area contributed by atoms with Gasteiger partial charge in [-0.3, -0.25) is 14.7 Å². The van der Waals surface area contributed by atoms with Crippen molar-refractivity contribution in [2.75, 3.05) is 25.0 Å². The van der Waals surface area contributed by atoms with E-state index in [2.05, 4.69) is 5.32 Å². The molecule has 1 fully saturated rings. The summed E-state index contributed by atoms with van der Waals surface area (Å²) in [4.78, 5) is 18.2. The summed E-state index contributed by atoms with van der Waals surface area (Å²) >= 11 is 12.1. The van der Waals surface area contributed by atoms with Crippen molar-refractivity contribution in [3.63, 3.8) is 0 Å². The molecule has 1 atom stereocenters. The number of rotatable bonds is 9. The maximum Gasteiger partial charge on any atom is 0.243 e. The molecule has 0 spiro atoms. The number of imidazole rings is 1. The van der Waals surface area contributed by atoms with E-state index in [9.17, 15) is 13.2 Å². The summed E-state index contributed by atoms with van der Waals surface area (Å²) < 4.78 is 35.9. The largest absolute Gasteiger partial charge is 0.377 e. The second-order valence-corrected chi connectivity index (χ2v) is 12.8. The van der Waals surface area contributed by atoms with E-state index >= 15 is 0 Å². The Bertz CT molecular complexity index is 1650. The molecule has 0 saturated carbocycles.